The molecular weight excluding hydrogens is 696 g/mol. The lowest BCUT2D eigenvalue weighted by atomic mass is 10.1. The average Bonchev–Trinajstić information content (AvgIpc) is 3.87. The molecule has 4 N–H and O–H groups in total. The van der Waals surface area contributed by atoms with Gasteiger partial charge in [0, 0.05) is 19.0 Å². The molecule has 0 radical (unpaired) electrons. The van der Waals surface area contributed by atoms with E-state index in [2.05, 4.69) is 29.9 Å². The molecule has 2 bridgehead atoms. The number of hydrogen-bond donors (Lipinski definition) is 4. The van der Waals surface area contributed by atoms with E-state index in [0.717, 1.165) is 0 Å². The number of H-pyrrole nitrogens is 1. The summed E-state index contributed by atoms with van der Waals surface area (Å²) in [4.78, 5) is 58.3. The number of phosphoric acid groups is 2. The standard InChI is InChI=1S/C25H29N9O13P2/c1-3-41-18-13-7-43-48(37,38)46-17-12(44-24(16(17)35)33-9-27-14-20-26-4-5-32(20)8-29-21(14)33)6-42-49(39,40)47-19(18)25(45-13)34-10-28-15-22(34)30-11(2)31-23(15)36/h4-5,8-10,12-13,16-19,24-25,35H,3,6-7H2,1-2H3,(H,37,38)(H,39,40)(H,30,31,36)/t12-,13-,16+,17?,18?,19+,24-,25-/m1/s1. The van der Waals surface area contributed by atoms with E-state index in [9.17, 15) is 28.8 Å². The van der Waals surface area contributed by atoms with Crippen molar-refractivity contribution in [3.05, 3.63) is 47.6 Å². The van der Waals surface area contributed by atoms with Gasteiger partial charge in [0.15, 0.2) is 40.4 Å². The molecule has 49 heavy (non-hydrogen) atoms. The van der Waals surface area contributed by atoms with Gasteiger partial charge < -0.3 is 34.1 Å². The molecule has 10 atom stereocenters. The zero-order valence-electron chi connectivity index (χ0n) is 25.5. The van der Waals surface area contributed by atoms with Crippen LogP contribution in [0, 0.1) is 6.92 Å². The highest BCUT2D eigenvalue weighted by molar-refractivity contribution is 7.47. The molecule has 3 saturated heterocycles. The Bertz CT molecular complexity index is 2200. The number of aliphatic hydroxyl groups is 1. The molecule has 4 unspecified atom stereocenters. The predicted molar refractivity (Wildman–Crippen MR) is 160 cm³/mol. The van der Waals surface area contributed by atoms with Crippen LogP contribution in [-0.4, -0.2) is 115 Å². The zero-order chi connectivity index (χ0) is 34.2. The first-order chi connectivity index (χ1) is 23.4. The molecule has 3 aliphatic heterocycles. The molecule has 8 rings (SSSR count). The number of nitrogens with zero attached hydrogens (tertiary/aromatic N) is 8. The van der Waals surface area contributed by atoms with Crippen LogP contribution < -0.4 is 5.56 Å². The van der Waals surface area contributed by atoms with Crippen LogP contribution in [0.15, 0.2) is 36.2 Å². The summed E-state index contributed by atoms with van der Waals surface area (Å²) in [6, 6.07) is 0. The third kappa shape index (κ3) is 5.72. The lowest BCUT2D eigenvalue weighted by molar-refractivity contribution is -0.0677. The monoisotopic (exact) mass is 725 g/mol. The van der Waals surface area contributed by atoms with Crippen molar-refractivity contribution in [1.29, 1.82) is 0 Å². The second-order valence-corrected chi connectivity index (χ2v) is 14.2. The van der Waals surface area contributed by atoms with Gasteiger partial charge >= 0.3 is 15.6 Å². The van der Waals surface area contributed by atoms with Gasteiger partial charge in [-0.25, -0.2) is 34.0 Å². The summed E-state index contributed by atoms with van der Waals surface area (Å²) < 4.78 is 70.9. The van der Waals surface area contributed by atoms with Crippen molar-refractivity contribution >= 4 is 43.6 Å². The fourth-order valence-electron chi connectivity index (χ4n) is 6.24. The minimum atomic E-state index is -5.03. The van der Waals surface area contributed by atoms with Crippen LogP contribution in [0.25, 0.3) is 28.0 Å². The summed E-state index contributed by atoms with van der Waals surface area (Å²) in [5.41, 5.74) is 0.612. The van der Waals surface area contributed by atoms with Gasteiger partial charge in [-0.2, -0.15) is 0 Å². The maximum Gasteiger partial charge on any atom is 0.472 e. The Balaban J connectivity index is 1.13. The third-order valence-electron chi connectivity index (χ3n) is 8.32. The van der Waals surface area contributed by atoms with E-state index in [-0.39, 0.29) is 29.2 Å². The van der Waals surface area contributed by atoms with Crippen LogP contribution in [0.1, 0.15) is 25.2 Å². The van der Waals surface area contributed by atoms with E-state index in [0.29, 0.717) is 11.2 Å². The number of ether oxygens (including phenoxy) is 3. The molecule has 262 valence electrons. The van der Waals surface area contributed by atoms with E-state index >= 15 is 0 Å². The van der Waals surface area contributed by atoms with Crippen molar-refractivity contribution in [3.8, 4) is 0 Å². The van der Waals surface area contributed by atoms with Gasteiger partial charge in [0.25, 0.3) is 5.56 Å². The fourth-order valence-corrected chi connectivity index (χ4v) is 8.14. The van der Waals surface area contributed by atoms with Gasteiger partial charge in [0.1, 0.15) is 48.8 Å². The number of hydrogen-bond acceptors (Lipinski definition) is 16. The summed E-state index contributed by atoms with van der Waals surface area (Å²) >= 11 is 0. The van der Waals surface area contributed by atoms with Crippen LogP contribution in [-0.2, 0) is 41.4 Å². The van der Waals surface area contributed by atoms with Crippen LogP contribution in [0.4, 0.5) is 0 Å². The lowest BCUT2D eigenvalue weighted by Crippen LogP contribution is -2.38. The Hall–Kier alpha value is -3.50. The topological polar surface area (TPSA) is 271 Å². The predicted octanol–water partition coefficient (Wildman–Crippen LogP) is 0.0994. The highest BCUT2D eigenvalue weighted by Crippen LogP contribution is 2.54. The molecule has 24 heteroatoms. The maximum atomic E-state index is 13.5. The Kier molecular flexibility index (Phi) is 8.06. The Morgan fingerprint density at radius 3 is 2.33 bits per heavy atom. The smallest absolute Gasteiger partial charge is 0.386 e. The number of aromatic nitrogens is 9. The van der Waals surface area contributed by atoms with Gasteiger partial charge in [0.2, 0.25) is 0 Å². The van der Waals surface area contributed by atoms with Crippen LogP contribution in [0.5, 0.6) is 0 Å². The van der Waals surface area contributed by atoms with Gasteiger partial charge in [-0.05, 0) is 13.8 Å². The highest BCUT2D eigenvalue weighted by atomic mass is 31.2. The molecule has 5 aromatic heterocycles. The summed E-state index contributed by atoms with van der Waals surface area (Å²) in [6.45, 7) is 1.87. The lowest BCUT2D eigenvalue weighted by Gasteiger charge is -2.26. The zero-order valence-corrected chi connectivity index (χ0v) is 27.3. The first-order valence-electron chi connectivity index (χ1n) is 14.9. The molecule has 0 saturated carbocycles. The third-order valence-corrected chi connectivity index (χ3v) is 10.3. The molecule has 8 heterocycles. The normalized spacial score (nSPS) is 35.8. The van der Waals surface area contributed by atoms with Crippen molar-refractivity contribution in [2.24, 2.45) is 0 Å². The van der Waals surface area contributed by atoms with Crippen molar-refractivity contribution in [2.45, 2.75) is 62.9 Å². The summed E-state index contributed by atoms with van der Waals surface area (Å²) in [7, 11) is -10.0. The average molecular weight is 726 g/mol. The van der Waals surface area contributed by atoms with Crippen LogP contribution >= 0.6 is 15.6 Å². The number of fused-ring (bicyclic) bond motifs is 7. The van der Waals surface area contributed by atoms with Gasteiger partial charge in [-0.1, -0.05) is 0 Å². The minimum absolute atomic E-state index is 0.0423. The highest BCUT2D eigenvalue weighted by Gasteiger charge is 2.54. The van der Waals surface area contributed by atoms with Gasteiger partial charge in [-0.3, -0.25) is 36.4 Å². The fraction of sp³-hybridized carbons (Fsp3) is 0.520. The number of aromatic amines is 1. The minimum Gasteiger partial charge on any atom is -0.386 e. The first-order valence-corrected chi connectivity index (χ1v) is 17.9. The summed E-state index contributed by atoms with van der Waals surface area (Å²) in [6.07, 6.45) is -3.81. The number of aryl methyl sites for hydroxylation is 1. The van der Waals surface area contributed by atoms with E-state index < -0.39 is 83.5 Å². The molecular formula is C25H29N9O13P2. The molecule has 5 aromatic rings. The van der Waals surface area contributed by atoms with Crippen LogP contribution in [0.3, 0.4) is 0 Å². The molecule has 3 fully saturated rings. The number of nitrogens with one attached hydrogen (secondary N) is 1. The largest absolute Gasteiger partial charge is 0.472 e. The number of phosphoric ester groups is 2. The Morgan fingerprint density at radius 2 is 1.57 bits per heavy atom. The van der Waals surface area contributed by atoms with Crippen molar-refractivity contribution < 1.29 is 56.3 Å². The SMILES string of the molecule is CCOC1[C@H]2COP(=O)(O)OC3[C@@H](COP(=O)(O)O[C@@H]1[C@H](n1cnc4c(=O)[nH]c(C)nc41)O2)O[C@@H](n1cnc2c1ncn1ccnc21)[C@H]3O. The van der Waals surface area contributed by atoms with Crippen molar-refractivity contribution in [3.63, 3.8) is 0 Å². The Labute approximate surface area is 273 Å². The summed E-state index contributed by atoms with van der Waals surface area (Å²) in [5.74, 6) is 0.258. The molecule has 0 aromatic carbocycles. The molecule has 0 amide bonds. The summed E-state index contributed by atoms with van der Waals surface area (Å²) in [5, 5.41) is 11.4. The molecule has 3 aliphatic rings. The van der Waals surface area contributed by atoms with E-state index in [4.69, 9.17) is 32.3 Å². The van der Waals surface area contributed by atoms with Crippen molar-refractivity contribution in [2.75, 3.05) is 19.8 Å². The van der Waals surface area contributed by atoms with E-state index in [1.165, 1.54) is 28.1 Å². The van der Waals surface area contributed by atoms with E-state index in [1.807, 2.05) is 0 Å². The van der Waals surface area contributed by atoms with Crippen LogP contribution in [0.2, 0.25) is 0 Å². The number of rotatable bonds is 4. The second-order valence-electron chi connectivity index (χ2n) is 11.4. The number of aliphatic hydroxyl groups excluding tert-OH is 1. The van der Waals surface area contributed by atoms with Gasteiger partial charge in [0.05, 0.1) is 25.9 Å². The Morgan fingerprint density at radius 1 is 0.898 bits per heavy atom. The second kappa shape index (κ2) is 12.1. The maximum absolute atomic E-state index is 13.5. The molecule has 22 nitrogen and oxygen atoms in total. The van der Waals surface area contributed by atoms with Gasteiger partial charge in [-0.15, -0.1) is 0 Å². The number of imidazole rings is 3. The first kappa shape index (κ1) is 32.7. The van der Waals surface area contributed by atoms with E-state index in [1.54, 1.807) is 30.6 Å². The quantitative estimate of drug-likeness (QED) is 0.179. The molecule has 0 aliphatic carbocycles. The van der Waals surface area contributed by atoms with Crippen molar-refractivity contribution in [1.82, 2.24) is 43.4 Å². The molecule has 0 spiro atoms.